The molecule has 0 aliphatic carbocycles. The number of nitrogens with one attached hydrogen (secondary N) is 1. The molecule has 8 heteroatoms. The van der Waals surface area contributed by atoms with Crippen molar-refractivity contribution in [1.29, 1.82) is 0 Å². The summed E-state index contributed by atoms with van der Waals surface area (Å²) >= 11 is 1.40. The highest BCUT2D eigenvalue weighted by Gasteiger charge is 2.14. The van der Waals surface area contributed by atoms with E-state index >= 15 is 0 Å². The second-order valence-electron chi connectivity index (χ2n) is 7.88. The molecule has 168 valence electrons. The van der Waals surface area contributed by atoms with Gasteiger partial charge in [0.25, 0.3) is 5.56 Å². The van der Waals surface area contributed by atoms with E-state index in [0.717, 1.165) is 19.6 Å². The number of hydrogen-bond acceptors (Lipinski definition) is 5. The number of aromatic nitrogens is 2. The fourth-order valence-corrected chi connectivity index (χ4v) is 4.85. The number of fused-ring (bicyclic) bond motifs is 1. The molecule has 0 saturated carbocycles. The van der Waals surface area contributed by atoms with Gasteiger partial charge in [0, 0.05) is 25.3 Å². The number of hydrogen-bond donors (Lipinski definition) is 1. The van der Waals surface area contributed by atoms with Crippen LogP contribution in [0.2, 0.25) is 0 Å². The van der Waals surface area contributed by atoms with E-state index in [9.17, 15) is 14.0 Å². The quantitative estimate of drug-likeness (QED) is 0.304. The van der Waals surface area contributed by atoms with Gasteiger partial charge in [-0.3, -0.25) is 14.2 Å². The number of para-hydroxylation sites is 1. The Kier molecular flexibility index (Phi) is 7.55. The van der Waals surface area contributed by atoms with Crippen LogP contribution in [0.1, 0.15) is 25.7 Å². The number of benzene rings is 2. The fourth-order valence-electron chi connectivity index (χ4n) is 3.90. The SMILES string of the molecule is O=C(CCCSc1nc2ccccc2c(=O)n1-c1cccc(F)c1)NCCN1CCCC1. The van der Waals surface area contributed by atoms with Crippen LogP contribution < -0.4 is 10.9 Å². The van der Waals surface area contributed by atoms with Crippen LogP contribution in [0.15, 0.2) is 58.5 Å². The van der Waals surface area contributed by atoms with Crippen molar-refractivity contribution in [2.75, 3.05) is 31.9 Å². The maximum Gasteiger partial charge on any atom is 0.266 e. The first-order chi connectivity index (χ1) is 15.6. The van der Waals surface area contributed by atoms with Gasteiger partial charge in [-0.2, -0.15) is 0 Å². The van der Waals surface area contributed by atoms with Gasteiger partial charge in [-0.15, -0.1) is 0 Å². The second kappa shape index (κ2) is 10.7. The van der Waals surface area contributed by atoms with Gasteiger partial charge >= 0.3 is 0 Å². The van der Waals surface area contributed by atoms with Crippen LogP contribution in [0, 0.1) is 5.82 Å². The van der Waals surface area contributed by atoms with Gasteiger partial charge in [-0.1, -0.05) is 30.0 Å². The largest absolute Gasteiger partial charge is 0.355 e. The average molecular weight is 455 g/mol. The highest BCUT2D eigenvalue weighted by Crippen LogP contribution is 2.22. The third-order valence-corrected chi connectivity index (χ3v) is 6.56. The first kappa shape index (κ1) is 22.5. The van der Waals surface area contributed by atoms with Gasteiger partial charge in [-0.05, 0) is 62.7 Å². The summed E-state index contributed by atoms with van der Waals surface area (Å²) in [6, 6.07) is 13.1. The van der Waals surface area contributed by atoms with Crippen molar-refractivity contribution in [2.45, 2.75) is 30.8 Å². The Hall–Kier alpha value is -2.71. The summed E-state index contributed by atoms with van der Waals surface area (Å²) in [7, 11) is 0. The van der Waals surface area contributed by atoms with Crippen LogP contribution in [0.4, 0.5) is 4.39 Å². The van der Waals surface area contributed by atoms with Crippen LogP contribution in [0.5, 0.6) is 0 Å². The monoisotopic (exact) mass is 454 g/mol. The predicted octanol–water partition coefficient (Wildman–Crippen LogP) is 3.61. The van der Waals surface area contributed by atoms with Gasteiger partial charge in [-0.25, -0.2) is 9.37 Å². The van der Waals surface area contributed by atoms with Gasteiger partial charge in [0.2, 0.25) is 5.91 Å². The molecule has 1 N–H and O–H groups in total. The maximum absolute atomic E-state index is 13.8. The Morgan fingerprint density at radius 3 is 2.75 bits per heavy atom. The van der Waals surface area contributed by atoms with E-state index in [0.29, 0.717) is 46.9 Å². The Bertz CT molecular complexity index is 1140. The molecule has 0 unspecified atom stereocenters. The van der Waals surface area contributed by atoms with Crippen molar-refractivity contribution in [3.8, 4) is 5.69 Å². The maximum atomic E-state index is 13.8. The molecule has 4 rings (SSSR count). The number of carbonyl (C=O) groups excluding carboxylic acids is 1. The summed E-state index contributed by atoms with van der Waals surface area (Å²) in [5, 5.41) is 3.96. The Morgan fingerprint density at radius 1 is 1.12 bits per heavy atom. The van der Waals surface area contributed by atoms with E-state index in [1.54, 1.807) is 30.3 Å². The summed E-state index contributed by atoms with van der Waals surface area (Å²) in [5.41, 5.74) is 0.811. The van der Waals surface area contributed by atoms with Crippen molar-refractivity contribution >= 4 is 28.6 Å². The Morgan fingerprint density at radius 2 is 1.94 bits per heavy atom. The zero-order valence-corrected chi connectivity index (χ0v) is 18.7. The van der Waals surface area contributed by atoms with Crippen molar-refractivity contribution in [3.05, 3.63) is 64.7 Å². The summed E-state index contributed by atoms with van der Waals surface area (Å²) in [5.74, 6) is 0.252. The lowest BCUT2D eigenvalue weighted by atomic mass is 10.2. The summed E-state index contributed by atoms with van der Waals surface area (Å²) < 4.78 is 15.3. The van der Waals surface area contributed by atoms with Crippen LogP contribution in [-0.4, -0.2) is 52.3 Å². The number of thioether (sulfide) groups is 1. The summed E-state index contributed by atoms with van der Waals surface area (Å²) in [6.45, 7) is 3.83. The molecule has 0 radical (unpaired) electrons. The van der Waals surface area contributed by atoms with E-state index in [-0.39, 0.29) is 11.5 Å². The molecule has 1 saturated heterocycles. The first-order valence-corrected chi connectivity index (χ1v) is 12.0. The fraction of sp³-hybridized carbons (Fsp3) is 0.375. The molecule has 0 bridgehead atoms. The third kappa shape index (κ3) is 5.55. The molecule has 1 fully saturated rings. The standard InChI is InChI=1S/C24H27FN4O2S/c25-18-7-5-8-19(17-18)29-23(31)20-9-1-2-10-21(20)27-24(29)32-16-6-11-22(30)26-12-15-28-13-3-4-14-28/h1-2,5,7-10,17H,3-4,6,11-16H2,(H,26,30). The van der Waals surface area contributed by atoms with Crippen LogP contribution in [0.25, 0.3) is 16.6 Å². The molecule has 0 spiro atoms. The normalized spacial score (nSPS) is 14.2. The van der Waals surface area contributed by atoms with Gasteiger partial charge < -0.3 is 10.2 Å². The number of carbonyl (C=O) groups is 1. The van der Waals surface area contributed by atoms with Gasteiger partial charge in [0.1, 0.15) is 5.82 Å². The Balaban J connectivity index is 1.40. The van der Waals surface area contributed by atoms with E-state index < -0.39 is 5.82 Å². The smallest absolute Gasteiger partial charge is 0.266 e. The molecule has 3 aromatic rings. The van der Waals surface area contributed by atoms with E-state index in [1.165, 1.54) is 41.3 Å². The zero-order chi connectivity index (χ0) is 22.3. The number of likely N-dealkylation sites (tertiary alicyclic amines) is 1. The molecule has 2 heterocycles. The lowest BCUT2D eigenvalue weighted by Crippen LogP contribution is -2.33. The van der Waals surface area contributed by atoms with Crippen molar-refractivity contribution in [3.63, 3.8) is 0 Å². The molecule has 1 aromatic heterocycles. The van der Waals surface area contributed by atoms with Crippen molar-refractivity contribution < 1.29 is 9.18 Å². The molecular formula is C24H27FN4O2S. The first-order valence-electron chi connectivity index (χ1n) is 11.0. The van der Waals surface area contributed by atoms with E-state index in [2.05, 4.69) is 15.2 Å². The minimum atomic E-state index is -0.413. The molecule has 6 nitrogen and oxygen atoms in total. The van der Waals surface area contributed by atoms with Crippen LogP contribution >= 0.6 is 11.8 Å². The van der Waals surface area contributed by atoms with Gasteiger partial charge in [0.15, 0.2) is 5.16 Å². The molecule has 1 amide bonds. The second-order valence-corrected chi connectivity index (χ2v) is 8.94. The number of rotatable bonds is 9. The molecule has 2 aromatic carbocycles. The van der Waals surface area contributed by atoms with Crippen molar-refractivity contribution in [1.82, 2.24) is 19.8 Å². The molecule has 1 aliphatic rings. The number of halogens is 1. The van der Waals surface area contributed by atoms with E-state index in [4.69, 9.17) is 0 Å². The van der Waals surface area contributed by atoms with Crippen molar-refractivity contribution in [2.24, 2.45) is 0 Å². The molecule has 32 heavy (non-hydrogen) atoms. The predicted molar refractivity (Wildman–Crippen MR) is 126 cm³/mol. The molecule has 0 atom stereocenters. The lowest BCUT2D eigenvalue weighted by Gasteiger charge is -2.15. The molecule has 1 aliphatic heterocycles. The lowest BCUT2D eigenvalue weighted by molar-refractivity contribution is -0.121. The highest BCUT2D eigenvalue weighted by atomic mass is 32.2. The minimum Gasteiger partial charge on any atom is -0.355 e. The Labute approximate surface area is 190 Å². The minimum absolute atomic E-state index is 0.0405. The van der Waals surface area contributed by atoms with Crippen LogP contribution in [0.3, 0.4) is 0 Å². The highest BCUT2D eigenvalue weighted by molar-refractivity contribution is 7.99. The van der Waals surface area contributed by atoms with E-state index in [1.807, 2.05) is 6.07 Å². The summed E-state index contributed by atoms with van der Waals surface area (Å²) in [4.78, 5) is 32.3. The topological polar surface area (TPSA) is 67.2 Å². The van der Waals surface area contributed by atoms with Gasteiger partial charge in [0.05, 0.1) is 16.6 Å². The molecular weight excluding hydrogens is 427 g/mol. The number of nitrogens with zero attached hydrogens (tertiary/aromatic N) is 3. The number of amides is 1. The summed E-state index contributed by atoms with van der Waals surface area (Å²) in [6.07, 6.45) is 3.57. The zero-order valence-electron chi connectivity index (χ0n) is 17.9. The van der Waals surface area contributed by atoms with Crippen LogP contribution in [-0.2, 0) is 4.79 Å². The average Bonchev–Trinajstić information content (AvgIpc) is 3.30. The third-order valence-electron chi connectivity index (χ3n) is 5.54.